The fraction of sp³-hybridized carbons (Fsp3) is 0.200. The van der Waals surface area contributed by atoms with Crippen molar-refractivity contribution in [3.8, 4) is 0 Å². The Labute approximate surface area is 67.2 Å². The van der Waals surface area contributed by atoms with Crippen LogP contribution < -0.4 is 0 Å². The van der Waals surface area contributed by atoms with E-state index in [-0.39, 0.29) is 0 Å². The Kier molecular flexibility index (Phi) is 2.49. The zero-order valence-electron chi connectivity index (χ0n) is 4.71. The van der Waals surface area contributed by atoms with Crippen molar-refractivity contribution >= 4 is 28.5 Å². The Morgan fingerprint density at radius 1 is 1.44 bits per heavy atom. The molecule has 0 fully saturated rings. The Balaban J connectivity index is 3.01. The number of nitrogens with zero attached hydrogens (tertiary/aromatic N) is 2. The van der Waals surface area contributed by atoms with E-state index in [4.69, 9.17) is 11.6 Å². The minimum absolute atomic E-state index is 0.530. The molecule has 1 aromatic rings. The van der Waals surface area contributed by atoms with Crippen LogP contribution >= 0.6 is 11.6 Å². The third kappa shape index (κ3) is 1.67. The van der Waals surface area contributed by atoms with Gasteiger partial charge >= 0.3 is 66.9 Å². The van der Waals surface area contributed by atoms with Gasteiger partial charge in [0.25, 0.3) is 0 Å². The van der Waals surface area contributed by atoms with Crippen LogP contribution in [-0.2, 0) is 5.21 Å². The molecule has 1 rings (SSSR count). The normalized spacial score (nSPS) is 9.56. The van der Waals surface area contributed by atoms with Crippen LogP contribution in [0.2, 0.25) is 5.15 Å². The Morgan fingerprint density at radius 2 is 2.11 bits per heavy atom. The molecule has 0 aliphatic rings. The zero-order valence-corrected chi connectivity index (χ0v) is 7.89. The molecule has 1 atom stereocenters. The fourth-order valence-corrected chi connectivity index (χ4v) is 1.57. The number of aromatic nitrogens is 2. The predicted octanol–water partition coefficient (Wildman–Crippen LogP) is 0.263. The molecule has 9 heavy (non-hydrogen) atoms. The van der Waals surface area contributed by atoms with E-state index in [1.165, 1.54) is 0 Å². The van der Waals surface area contributed by atoms with Crippen LogP contribution in [0.25, 0.3) is 0 Å². The molecule has 0 saturated carbocycles. The second kappa shape index (κ2) is 3.19. The summed E-state index contributed by atoms with van der Waals surface area (Å²) in [7, 11) is 0. The summed E-state index contributed by atoms with van der Waals surface area (Å²) in [6.07, 6.45) is 3.25. The second-order valence-electron chi connectivity index (χ2n) is 1.50. The van der Waals surface area contributed by atoms with Gasteiger partial charge in [0.15, 0.2) is 0 Å². The van der Waals surface area contributed by atoms with E-state index >= 15 is 0 Å². The monoisotopic (exact) mass is 204 g/mol. The quantitative estimate of drug-likeness (QED) is 0.614. The Hall–Kier alpha value is -0.0716. The fourth-order valence-electron chi connectivity index (χ4n) is 0.487. The maximum absolute atomic E-state index is 5.66. The molecule has 48 valence electrons. The molecule has 0 saturated heterocycles. The van der Waals surface area contributed by atoms with Crippen molar-refractivity contribution in [2.24, 2.45) is 0 Å². The molecule has 0 amide bonds. The minimum atomic E-state index is 0.530. The molecule has 4 heteroatoms. The topological polar surface area (TPSA) is 25.8 Å². The van der Waals surface area contributed by atoms with E-state index < -0.39 is 0 Å². The molecule has 0 aliphatic heterocycles. The van der Waals surface area contributed by atoms with Crippen LogP contribution in [-0.4, -0.2) is 26.8 Å². The molecular weight excluding hydrogens is 198 g/mol. The Bertz CT molecular complexity index is 204. The average molecular weight is 204 g/mol. The number of halogens is 1. The third-order valence-electron chi connectivity index (χ3n) is 0.916. The van der Waals surface area contributed by atoms with Crippen LogP contribution in [0, 0.1) is 0 Å². The molecule has 1 heterocycles. The number of hydrogen-bond acceptors (Lipinski definition) is 2. The third-order valence-corrected chi connectivity index (χ3v) is 2.04. The van der Waals surface area contributed by atoms with Gasteiger partial charge in [-0.25, -0.2) is 0 Å². The van der Waals surface area contributed by atoms with Crippen LogP contribution in [0.5, 0.6) is 0 Å². The predicted molar refractivity (Wildman–Crippen MR) is 39.3 cm³/mol. The second-order valence-corrected chi connectivity index (χ2v) is 2.71. The summed E-state index contributed by atoms with van der Waals surface area (Å²) >= 11 is 7.25. The SMILES string of the molecule is Clc1nccnc1C[AsH2]. The van der Waals surface area contributed by atoms with Gasteiger partial charge in [0.2, 0.25) is 0 Å². The summed E-state index contributed by atoms with van der Waals surface area (Å²) < 4.78 is 0. The molecule has 0 aromatic carbocycles. The van der Waals surface area contributed by atoms with Crippen molar-refractivity contribution < 1.29 is 0 Å². The van der Waals surface area contributed by atoms with Crippen molar-refractivity contribution in [2.45, 2.75) is 5.21 Å². The van der Waals surface area contributed by atoms with Gasteiger partial charge in [-0.15, -0.1) is 0 Å². The van der Waals surface area contributed by atoms with Gasteiger partial charge in [0.1, 0.15) is 0 Å². The molecule has 1 unspecified atom stereocenters. The van der Waals surface area contributed by atoms with E-state index in [9.17, 15) is 0 Å². The molecule has 0 spiro atoms. The summed E-state index contributed by atoms with van der Waals surface area (Å²) in [5.41, 5.74) is 0.888. The van der Waals surface area contributed by atoms with Crippen molar-refractivity contribution in [2.75, 3.05) is 0 Å². The zero-order chi connectivity index (χ0) is 6.69. The van der Waals surface area contributed by atoms with Gasteiger partial charge in [0.05, 0.1) is 0 Å². The molecule has 2 nitrogen and oxygen atoms in total. The van der Waals surface area contributed by atoms with E-state index in [1.807, 2.05) is 0 Å². The molecule has 0 bridgehead atoms. The summed E-state index contributed by atoms with van der Waals surface area (Å²) in [5.74, 6) is 0. The van der Waals surface area contributed by atoms with E-state index in [2.05, 4.69) is 9.97 Å². The van der Waals surface area contributed by atoms with Crippen molar-refractivity contribution in [1.82, 2.24) is 9.97 Å². The number of rotatable bonds is 1. The van der Waals surface area contributed by atoms with E-state index in [0.29, 0.717) is 5.15 Å². The van der Waals surface area contributed by atoms with Crippen LogP contribution in [0.1, 0.15) is 5.69 Å². The molecule has 0 aliphatic carbocycles. The summed E-state index contributed by atoms with van der Waals surface area (Å²) in [4.78, 5) is 7.88. The standard InChI is InChI=1S/C5H6AsClN2/c6-3-4-5(7)9-2-1-8-4/h1-2H,3,6H2. The maximum atomic E-state index is 5.66. The summed E-state index contributed by atoms with van der Waals surface area (Å²) in [6, 6.07) is 0. The van der Waals surface area contributed by atoms with E-state index in [1.54, 1.807) is 29.2 Å². The first kappa shape index (κ1) is 7.04. The van der Waals surface area contributed by atoms with Gasteiger partial charge in [-0.1, -0.05) is 0 Å². The van der Waals surface area contributed by atoms with Gasteiger partial charge in [-0.05, 0) is 0 Å². The van der Waals surface area contributed by atoms with Crippen LogP contribution in [0.15, 0.2) is 12.4 Å². The Morgan fingerprint density at radius 3 is 2.56 bits per heavy atom. The van der Waals surface area contributed by atoms with Gasteiger partial charge in [0, 0.05) is 0 Å². The molecule has 1 aromatic heterocycles. The summed E-state index contributed by atoms with van der Waals surface area (Å²) in [6.45, 7) is 0. The molecular formula is C5H6AsClN2. The van der Waals surface area contributed by atoms with Crippen molar-refractivity contribution in [3.63, 3.8) is 0 Å². The van der Waals surface area contributed by atoms with Crippen LogP contribution in [0.3, 0.4) is 0 Å². The van der Waals surface area contributed by atoms with Crippen molar-refractivity contribution in [1.29, 1.82) is 0 Å². The van der Waals surface area contributed by atoms with Crippen molar-refractivity contribution in [3.05, 3.63) is 23.2 Å². The molecule has 0 N–H and O–H groups in total. The first-order valence-electron chi connectivity index (χ1n) is 2.50. The average Bonchev–Trinajstić information content (AvgIpc) is 1.89. The summed E-state index contributed by atoms with van der Waals surface area (Å²) in [5, 5.41) is 1.43. The molecule has 0 radical (unpaired) electrons. The first-order chi connectivity index (χ1) is 4.34. The number of hydrogen-bond donors (Lipinski definition) is 0. The van der Waals surface area contributed by atoms with Gasteiger partial charge < -0.3 is 0 Å². The van der Waals surface area contributed by atoms with Crippen LogP contribution in [0.4, 0.5) is 0 Å². The van der Waals surface area contributed by atoms with Gasteiger partial charge in [-0.3, -0.25) is 0 Å². The van der Waals surface area contributed by atoms with E-state index in [0.717, 1.165) is 10.9 Å². The first-order valence-corrected chi connectivity index (χ1v) is 4.59. The van der Waals surface area contributed by atoms with Gasteiger partial charge in [-0.2, -0.15) is 0 Å².